The Balaban J connectivity index is 0.00000210. The number of fused-ring (bicyclic) bond motifs is 1. The first kappa shape index (κ1) is 20.0. The summed E-state index contributed by atoms with van der Waals surface area (Å²) < 4.78 is 15.8. The van der Waals surface area contributed by atoms with Crippen LogP contribution in [0.15, 0.2) is 12.1 Å². The maximum Gasteiger partial charge on any atom is 0.255 e. The third-order valence-electron chi connectivity index (χ3n) is 5.28. The monoisotopic (exact) mass is 413 g/mol. The number of aromatic nitrogens is 3. The third kappa shape index (κ3) is 3.81. The van der Waals surface area contributed by atoms with Crippen LogP contribution in [0, 0.1) is 12.7 Å². The lowest BCUT2D eigenvalue weighted by molar-refractivity contribution is 0.0710. The van der Waals surface area contributed by atoms with E-state index in [1.54, 1.807) is 11.8 Å². The number of likely N-dealkylation sites (tertiary alicyclic amines) is 1. The number of nitrogens with zero attached hydrogens (tertiary/aromatic N) is 4. The Morgan fingerprint density at radius 2 is 2.00 bits per heavy atom. The van der Waals surface area contributed by atoms with Gasteiger partial charge in [0.15, 0.2) is 0 Å². The van der Waals surface area contributed by atoms with Gasteiger partial charge in [0.05, 0.1) is 17.1 Å². The summed E-state index contributed by atoms with van der Waals surface area (Å²) in [5.41, 5.74) is 0.797. The van der Waals surface area contributed by atoms with Gasteiger partial charge in [0.2, 0.25) is 0 Å². The van der Waals surface area contributed by atoms with E-state index < -0.39 is 5.82 Å². The van der Waals surface area contributed by atoms with Crippen LogP contribution in [0.1, 0.15) is 46.3 Å². The van der Waals surface area contributed by atoms with E-state index >= 15 is 0 Å². The van der Waals surface area contributed by atoms with Crippen molar-refractivity contribution in [1.82, 2.24) is 25.0 Å². The van der Waals surface area contributed by atoms with Crippen LogP contribution in [-0.2, 0) is 13.1 Å². The lowest BCUT2D eigenvalue weighted by Gasteiger charge is -2.32. The summed E-state index contributed by atoms with van der Waals surface area (Å²) in [4.78, 5) is 14.6. The molecule has 0 saturated carbocycles. The Morgan fingerprint density at radius 3 is 2.74 bits per heavy atom. The smallest absolute Gasteiger partial charge is 0.255 e. The molecule has 27 heavy (non-hydrogen) atoms. The van der Waals surface area contributed by atoms with E-state index in [4.69, 9.17) is 11.6 Å². The molecule has 6 nitrogen and oxygen atoms in total. The van der Waals surface area contributed by atoms with Gasteiger partial charge in [0.25, 0.3) is 5.91 Å². The SMILES string of the molecule is Cc1cc(C(=O)N2CCC(c3nnc4n3CCNC4)CC2)c(Cl)cc1F.Cl. The van der Waals surface area contributed by atoms with Crippen LogP contribution in [0.25, 0.3) is 0 Å². The van der Waals surface area contributed by atoms with Crippen LogP contribution in [0.2, 0.25) is 5.02 Å². The van der Waals surface area contributed by atoms with Gasteiger partial charge in [-0.1, -0.05) is 11.6 Å². The number of carbonyl (C=O) groups excluding carboxylic acids is 1. The molecule has 1 amide bonds. The number of hydrogen-bond acceptors (Lipinski definition) is 4. The predicted molar refractivity (Wildman–Crippen MR) is 103 cm³/mol. The molecule has 0 bridgehead atoms. The lowest BCUT2D eigenvalue weighted by Crippen LogP contribution is -2.39. The van der Waals surface area contributed by atoms with Gasteiger partial charge < -0.3 is 14.8 Å². The molecule has 1 saturated heterocycles. The zero-order valence-corrected chi connectivity index (χ0v) is 16.6. The lowest BCUT2D eigenvalue weighted by atomic mass is 9.95. The van der Waals surface area contributed by atoms with E-state index in [1.165, 1.54) is 12.1 Å². The van der Waals surface area contributed by atoms with Gasteiger partial charge in [-0.15, -0.1) is 22.6 Å². The molecule has 2 aliphatic heterocycles. The topological polar surface area (TPSA) is 63.1 Å². The maximum absolute atomic E-state index is 13.6. The minimum Gasteiger partial charge on any atom is -0.339 e. The molecule has 0 radical (unpaired) electrons. The summed E-state index contributed by atoms with van der Waals surface area (Å²) >= 11 is 6.09. The second-order valence-corrected chi connectivity index (χ2v) is 7.36. The normalized spacial score (nSPS) is 17.4. The van der Waals surface area contributed by atoms with Crippen molar-refractivity contribution in [1.29, 1.82) is 0 Å². The van der Waals surface area contributed by atoms with Gasteiger partial charge in [-0.3, -0.25) is 4.79 Å². The fourth-order valence-corrected chi connectivity index (χ4v) is 3.98. The molecule has 1 aromatic carbocycles. The quantitative estimate of drug-likeness (QED) is 0.821. The molecule has 0 aliphatic carbocycles. The number of aryl methyl sites for hydroxylation is 1. The second kappa shape index (κ2) is 8.12. The standard InChI is InChI=1S/C18H21ClFN5O.ClH/c1-11-8-13(14(19)9-15(11)20)18(26)24-5-2-12(3-6-24)17-23-22-16-10-21-4-7-25(16)17;/h8-9,12,21H,2-7,10H2,1H3;1H. The third-order valence-corrected chi connectivity index (χ3v) is 5.59. The molecule has 146 valence electrons. The summed E-state index contributed by atoms with van der Waals surface area (Å²) in [5.74, 6) is 1.80. The summed E-state index contributed by atoms with van der Waals surface area (Å²) in [6.45, 7) is 5.48. The predicted octanol–water partition coefficient (Wildman–Crippen LogP) is 2.92. The average Bonchev–Trinajstić information content (AvgIpc) is 3.08. The van der Waals surface area contributed by atoms with Crippen molar-refractivity contribution in [2.75, 3.05) is 19.6 Å². The van der Waals surface area contributed by atoms with Crippen LogP contribution in [0.5, 0.6) is 0 Å². The van der Waals surface area contributed by atoms with Gasteiger partial charge in [0, 0.05) is 32.1 Å². The number of carbonyl (C=O) groups is 1. The van der Waals surface area contributed by atoms with Gasteiger partial charge in [-0.05, 0) is 37.5 Å². The fraction of sp³-hybridized carbons (Fsp3) is 0.500. The molecular weight excluding hydrogens is 392 g/mol. The Morgan fingerprint density at radius 1 is 1.26 bits per heavy atom. The first-order chi connectivity index (χ1) is 12.5. The fourth-order valence-electron chi connectivity index (χ4n) is 3.75. The Kier molecular flexibility index (Phi) is 6.03. The average molecular weight is 414 g/mol. The number of amides is 1. The van der Waals surface area contributed by atoms with E-state index in [1.807, 2.05) is 0 Å². The molecule has 0 unspecified atom stereocenters. The van der Waals surface area contributed by atoms with Crippen LogP contribution < -0.4 is 5.32 Å². The highest BCUT2D eigenvalue weighted by molar-refractivity contribution is 6.33. The number of rotatable bonds is 2. The van der Waals surface area contributed by atoms with Crippen LogP contribution in [-0.4, -0.2) is 45.2 Å². The number of nitrogens with one attached hydrogen (secondary N) is 1. The molecule has 1 N–H and O–H groups in total. The number of hydrogen-bond donors (Lipinski definition) is 1. The van der Waals surface area contributed by atoms with E-state index in [2.05, 4.69) is 20.1 Å². The molecule has 4 rings (SSSR count). The van der Waals surface area contributed by atoms with Crippen molar-refractivity contribution >= 4 is 29.9 Å². The van der Waals surface area contributed by atoms with Gasteiger partial charge in [0.1, 0.15) is 17.5 Å². The van der Waals surface area contributed by atoms with E-state index in [-0.39, 0.29) is 23.3 Å². The summed E-state index contributed by atoms with van der Waals surface area (Å²) in [7, 11) is 0. The minimum absolute atomic E-state index is 0. The van der Waals surface area contributed by atoms with Crippen LogP contribution in [0.4, 0.5) is 4.39 Å². The highest BCUT2D eigenvalue weighted by Crippen LogP contribution is 2.30. The van der Waals surface area contributed by atoms with Crippen molar-refractivity contribution in [2.45, 2.75) is 38.8 Å². The summed E-state index contributed by atoms with van der Waals surface area (Å²) in [6.07, 6.45) is 1.68. The zero-order valence-electron chi connectivity index (χ0n) is 15.0. The first-order valence-electron chi connectivity index (χ1n) is 8.92. The molecular formula is C18H22Cl2FN5O. The van der Waals surface area contributed by atoms with Gasteiger partial charge >= 0.3 is 0 Å². The van der Waals surface area contributed by atoms with E-state index in [0.29, 0.717) is 30.1 Å². The summed E-state index contributed by atoms with van der Waals surface area (Å²) in [5, 5.41) is 12.1. The Labute approximate surface area is 168 Å². The molecule has 1 fully saturated rings. The number of benzene rings is 1. The number of piperidine rings is 1. The van der Waals surface area contributed by atoms with Crippen molar-refractivity contribution in [2.24, 2.45) is 0 Å². The van der Waals surface area contributed by atoms with Crippen molar-refractivity contribution in [3.05, 3.63) is 45.7 Å². The molecule has 2 aliphatic rings. The molecule has 3 heterocycles. The summed E-state index contributed by atoms with van der Waals surface area (Å²) in [6, 6.07) is 2.75. The molecule has 0 spiro atoms. The maximum atomic E-state index is 13.6. The van der Waals surface area contributed by atoms with Gasteiger partial charge in [-0.25, -0.2) is 4.39 Å². The number of halogens is 3. The molecule has 1 aromatic heterocycles. The highest BCUT2D eigenvalue weighted by Gasteiger charge is 2.30. The Hall–Kier alpha value is -1.70. The largest absolute Gasteiger partial charge is 0.339 e. The Bertz CT molecular complexity index is 849. The molecule has 9 heteroatoms. The minimum atomic E-state index is -0.392. The zero-order chi connectivity index (χ0) is 18.3. The highest BCUT2D eigenvalue weighted by atomic mass is 35.5. The second-order valence-electron chi connectivity index (χ2n) is 6.95. The molecule has 2 aromatic rings. The molecule has 0 atom stereocenters. The van der Waals surface area contributed by atoms with Crippen molar-refractivity contribution in [3.8, 4) is 0 Å². The van der Waals surface area contributed by atoms with Gasteiger partial charge in [-0.2, -0.15) is 0 Å². The van der Waals surface area contributed by atoms with E-state index in [9.17, 15) is 9.18 Å². The van der Waals surface area contributed by atoms with Crippen molar-refractivity contribution < 1.29 is 9.18 Å². The van der Waals surface area contributed by atoms with E-state index in [0.717, 1.165) is 44.1 Å². The first-order valence-corrected chi connectivity index (χ1v) is 9.30. The van der Waals surface area contributed by atoms with Crippen LogP contribution >= 0.6 is 24.0 Å². The van der Waals surface area contributed by atoms with Crippen LogP contribution in [0.3, 0.4) is 0 Å². The van der Waals surface area contributed by atoms with Crippen molar-refractivity contribution in [3.63, 3.8) is 0 Å².